The monoisotopic (exact) mass is 457 g/mol. The van der Waals surface area contributed by atoms with Crippen LogP contribution >= 0.6 is 11.6 Å². The van der Waals surface area contributed by atoms with Crippen LogP contribution in [0.5, 0.6) is 0 Å². The standard InChI is InChI=1S/C21H21ClFN7O2/c1-12-6-19(26-11-25-12)29-20-24-8-14-4-5-30(9-17(14)27-20)21(32)28-18(10-31)13-2-3-15(22)16(23)7-13/h2-3,6-8,11,18,31H,4-5,9-10H2,1H3,(H,28,32)(H,24,25,26,27,29)/t18-/m1/s1. The van der Waals surface area contributed by atoms with Gasteiger partial charge < -0.3 is 20.6 Å². The molecule has 4 rings (SSSR count). The summed E-state index contributed by atoms with van der Waals surface area (Å²) in [6.45, 7) is 2.21. The highest BCUT2D eigenvalue weighted by Crippen LogP contribution is 2.22. The van der Waals surface area contributed by atoms with Crippen LogP contribution in [0.2, 0.25) is 5.02 Å². The number of hydrogen-bond donors (Lipinski definition) is 3. The summed E-state index contributed by atoms with van der Waals surface area (Å²) < 4.78 is 13.8. The Kier molecular flexibility index (Phi) is 6.42. The number of rotatable bonds is 5. The van der Waals surface area contributed by atoms with Gasteiger partial charge in [0.25, 0.3) is 0 Å². The van der Waals surface area contributed by atoms with Crippen LogP contribution in [0.3, 0.4) is 0 Å². The van der Waals surface area contributed by atoms with Crippen molar-refractivity contribution < 1.29 is 14.3 Å². The number of carbonyl (C=O) groups excluding carboxylic acids is 1. The average Bonchev–Trinajstić information content (AvgIpc) is 2.78. The molecule has 0 saturated carbocycles. The maximum Gasteiger partial charge on any atom is 0.318 e. The first kappa shape index (κ1) is 21.8. The molecule has 0 radical (unpaired) electrons. The summed E-state index contributed by atoms with van der Waals surface area (Å²) in [5, 5.41) is 15.5. The molecule has 0 fully saturated rings. The minimum Gasteiger partial charge on any atom is -0.394 e. The van der Waals surface area contributed by atoms with E-state index in [9.17, 15) is 14.3 Å². The van der Waals surface area contributed by atoms with Crippen molar-refractivity contribution in [3.63, 3.8) is 0 Å². The van der Waals surface area contributed by atoms with Gasteiger partial charge in [-0.05, 0) is 36.6 Å². The summed E-state index contributed by atoms with van der Waals surface area (Å²) in [5.74, 6) is 0.331. The number of aliphatic hydroxyl groups is 1. The van der Waals surface area contributed by atoms with E-state index < -0.39 is 11.9 Å². The molecule has 11 heteroatoms. The fourth-order valence-corrected chi connectivity index (χ4v) is 3.50. The third kappa shape index (κ3) is 4.92. The first-order chi connectivity index (χ1) is 15.4. The Balaban J connectivity index is 1.45. The second-order valence-electron chi connectivity index (χ2n) is 7.36. The number of fused-ring (bicyclic) bond motifs is 1. The van der Waals surface area contributed by atoms with Crippen molar-refractivity contribution in [2.45, 2.75) is 25.9 Å². The van der Waals surface area contributed by atoms with Crippen LogP contribution in [0, 0.1) is 12.7 Å². The third-order valence-corrected chi connectivity index (χ3v) is 5.41. The van der Waals surface area contributed by atoms with E-state index in [1.165, 1.54) is 18.5 Å². The molecule has 166 valence electrons. The fourth-order valence-electron chi connectivity index (χ4n) is 3.38. The number of benzene rings is 1. The normalized spacial score (nSPS) is 13.9. The smallest absolute Gasteiger partial charge is 0.318 e. The maximum atomic E-state index is 13.8. The van der Waals surface area contributed by atoms with Crippen LogP contribution in [0.25, 0.3) is 0 Å². The van der Waals surface area contributed by atoms with E-state index in [1.54, 1.807) is 23.2 Å². The highest BCUT2D eigenvalue weighted by molar-refractivity contribution is 6.30. The van der Waals surface area contributed by atoms with Crippen molar-refractivity contribution in [1.82, 2.24) is 30.2 Å². The lowest BCUT2D eigenvalue weighted by Gasteiger charge is -2.30. The van der Waals surface area contributed by atoms with Gasteiger partial charge in [-0.15, -0.1) is 0 Å². The van der Waals surface area contributed by atoms with E-state index >= 15 is 0 Å². The second-order valence-corrected chi connectivity index (χ2v) is 7.77. The minimum absolute atomic E-state index is 0.0226. The number of carbonyl (C=O) groups is 1. The van der Waals surface area contributed by atoms with Crippen molar-refractivity contribution in [2.75, 3.05) is 18.5 Å². The number of nitrogens with one attached hydrogen (secondary N) is 2. The predicted molar refractivity (Wildman–Crippen MR) is 116 cm³/mol. The Morgan fingerprint density at radius 3 is 2.91 bits per heavy atom. The number of nitrogens with zero attached hydrogens (tertiary/aromatic N) is 5. The number of anilines is 2. The first-order valence-corrected chi connectivity index (χ1v) is 10.3. The van der Waals surface area contributed by atoms with Gasteiger partial charge in [0.15, 0.2) is 0 Å². The largest absolute Gasteiger partial charge is 0.394 e. The molecule has 0 unspecified atom stereocenters. The molecule has 3 N–H and O–H groups in total. The van der Waals surface area contributed by atoms with Crippen molar-refractivity contribution in [3.8, 4) is 0 Å². The maximum absolute atomic E-state index is 13.8. The molecule has 0 aliphatic carbocycles. The lowest BCUT2D eigenvalue weighted by Crippen LogP contribution is -2.45. The minimum atomic E-state index is -0.765. The Labute approximate surface area is 188 Å². The highest BCUT2D eigenvalue weighted by Gasteiger charge is 2.25. The summed E-state index contributed by atoms with van der Waals surface area (Å²) in [7, 11) is 0. The second kappa shape index (κ2) is 9.41. The molecule has 0 bridgehead atoms. The van der Waals surface area contributed by atoms with Crippen molar-refractivity contribution >= 4 is 29.4 Å². The Hall–Kier alpha value is -3.37. The number of aromatic nitrogens is 4. The summed E-state index contributed by atoms with van der Waals surface area (Å²) in [6.07, 6.45) is 3.78. The van der Waals surface area contributed by atoms with Crippen molar-refractivity contribution in [1.29, 1.82) is 0 Å². The molecule has 0 saturated heterocycles. The molecule has 1 aliphatic heterocycles. The van der Waals surface area contributed by atoms with Gasteiger partial charge in [-0.1, -0.05) is 17.7 Å². The summed E-state index contributed by atoms with van der Waals surface area (Å²) in [4.78, 5) is 31.5. The first-order valence-electron chi connectivity index (χ1n) is 9.94. The SMILES string of the molecule is Cc1cc(Nc2ncc3c(n2)CN(C(=O)N[C@H](CO)c2ccc(Cl)c(F)c2)CC3)ncn1. The quantitative estimate of drug-likeness (QED) is 0.539. The van der Waals surface area contributed by atoms with Crippen LogP contribution < -0.4 is 10.6 Å². The van der Waals surface area contributed by atoms with Gasteiger partial charge >= 0.3 is 6.03 Å². The number of aryl methyl sites for hydroxylation is 1. The zero-order valence-electron chi connectivity index (χ0n) is 17.2. The molecular weight excluding hydrogens is 437 g/mol. The van der Waals surface area contributed by atoms with Gasteiger partial charge in [0.05, 0.1) is 29.9 Å². The zero-order valence-corrected chi connectivity index (χ0v) is 18.0. The molecular formula is C21H21ClFN7O2. The zero-order chi connectivity index (χ0) is 22.7. The molecule has 32 heavy (non-hydrogen) atoms. The summed E-state index contributed by atoms with van der Waals surface area (Å²) in [6, 6.07) is 4.79. The molecule has 1 aliphatic rings. The van der Waals surface area contributed by atoms with Crippen LogP contribution in [0.15, 0.2) is 36.8 Å². The van der Waals surface area contributed by atoms with Crippen molar-refractivity contribution in [3.05, 3.63) is 70.1 Å². The van der Waals surface area contributed by atoms with Gasteiger partial charge in [-0.2, -0.15) is 0 Å². The molecule has 9 nitrogen and oxygen atoms in total. The van der Waals surface area contributed by atoms with Crippen LogP contribution in [-0.4, -0.2) is 49.1 Å². The lowest BCUT2D eigenvalue weighted by atomic mass is 10.1. The number of amides is 2. The van der Waals surface area contributed by atoms with E-state index in [4.69, 9.17) is 11.6 Å². The van der Waals surface area contributed by atoms with Gasteiger partial charge in [0.2, 0.25) is 5.95 Å². The van der Waals surface area contributed by atoms with Crippen molar-refractivity contribution in [2.24, 2.45) is 0 Å². The molecule has 1 atom stereocenters. The summed E-state index contributed by atoms with van der Waals surface area (Å²) >= 11 is 5.72. The topological polar surface area (TPSA) is 116 Å². The van der Waals surface area contributed by atoms with Gasteiger partial charge in [-0.25, -0.2) is 29.1 Å². The van der Waals surface area contributed by atoms with Crippen LogP contribution in [-0.2, 0) is 13.0 Å². The summed E-state index contributed by atoms with van der Waals surface area (Å²) in [5.41, 5.74) is 2.90. The van der Waals surface area contributed by atoms with E-state index in [1.807, 2.05) is 6.92 Å². The van der Waals surface area contributed by atoms with Gasteiger partial charge in [0, 0.05) is 24.5 Å². The van der Waals surface area contributed by atoms with E-state index in [0.29, 0.717) is 36.0 Å². The van der Waals surface area contributed by atoms with E-state index in [0.717, 1.165) is 11.3 Å². The molecule has 2 amide bonds. The Bertz CT molecular complexity index is 1150. The number of halogens is 2. The molecule has 2 aromatic heterocycles. The Morgan fingerprint density at radius 2 is 2.16 bits per heavy atom. The van der Waals surface area contributed by atoms with E-state index in [-0.39, 0.29) is 24.2 Å². The highest BCUT2D eigenvalue weighted by atomic mass is 35.5. The van der Waals surface area contributed by atoms with E-state index in [2.05, 4.69) is 30.6 Å². The molecule has 3 heterocycles. The van der Waals surface area contributed by atoms with Gasteiger partial charge in [-0.3, -0.25) is 0 Å². The Morgan fingerprint density at radius 1 is 1.31 bits per heavy atom. The number of urea groups is 1. The lowest BCUT2D eigenvalue weighted by molar-refractivity contribution is 0.176. The molecule has 0 spiro atoms. The fraction of sp³-hybridized carbons (Fsp3) is 0.286. The van der Waals surface area contributed by atoms with Gasteiger partial charge in [0.1, 0.15) is 18.0 Å². The third-order valence-electron chi connectivity index (χ3n) is 5.10. The van der Waals surface area contributed by atoms with Crippen LogP contribution in [0.1, 0.15) is 28.6 Å². The molecule has 3 aromatic rings. The number of aliphatic hydroxyl groups excluding tert-OH is 1. The van der Waals surface area contributed by atoms with Crippen LogP contribution in [0.4, 0.5) is 21.0 Å². The predicted octanol–water partition coefficient (Wildman–Crippen LogP) is 2.91. The number of hydrogen-bond acceptors (Lipinski definition) is 7. The average molecular weight is 458 g/mol. The molecule has 1 aromatic carbocycles.